The molecule has 7 nitrogen and oxygen atoms in total. The zero-order valence-electron chi connectivity index (χ0n) is 14.7. The van der Waals surface area contributed by atoms with Crippen LogP contribution in [0.25, 0.3) is 0 Å². The molecule has 1 amide bonds. The van der Waals surface area contributed by atoms with Crippen LogP contribution >= 0.6 is 0 Å². The molecule has 0 aromatic carbocycles. The summed E-state index contributed by atoms with van der Waals surface area (Å²) in [6.45, 7) is 4.62. The zero-order chi connectivity index (χ0) is 20.1. The fraction of sp³-hybridized carbons (Fsp3) is 0.647. The van der Waals surface area contributed by atoms with Crippen molar-refractivity contribution >= 4 is 11.9 Å². The third-order valence-electron chi connectivity index (χ3n) is 4.86. The molecule has 2 fully saturated rings. The molecule has 2 saturated heterocycles. The van der Waals surface area contributed by atoms with E-state index in [2.05, 4.69) is 4.90 Å². The number of piperidine rings is 1. The number of likely N-dealkylation sites (tertiary alicyclic amines) is 2. The summed E-state index contributed by atoms with van der Waals surface area (Å²) in [6, 6.07) is 3.49. The summed E-state index contributed by atoms with van der Waals surface area (Å²) in [7, 11) is 0. The maximum Gasteiger partial charge on any atom is 0.490 e. The van der Waals surface area contributed by atoms with E-state index in [9.17, 15) is 18.0 Å². The average molecular weight is 392 g/mol. The van der Waals surface area contributed by atoms with Gasteiger partial charge in [-0.25, -0.2) is 4.79 Å². The van der Waals surface area contributed by atoms with Crippen molar-refractivity contribution in [3.05, 3.63) is 24.2 Å². The summed E-state index contributed by atoms with van der Waals surface area (Å²) in [5.74, 6) is -2.31. The Hall–Kier alpha value is -2.07. The van der Waals surface area contributed by atoms with Gasteiger partial charge < -0.3 is 24.4 Å². The number of carboxylic acids is 1. The van der Waals surface area contributed by atoms with Crippen LogP contribution in [0.15, 0.2) is 22.8 Å². The summed E-state index contributed by atoms with van der Waals surface area (Å²) in [5, 5.41) is 16.2. The highest BCUT2D eigenvalue weighted by Crippen LogP contribution is 2.39. The summed E-state index contributed by atoms with van der Waals surface area (Å²) in [4.78, 5) is 25.5. The highest BCUT2D eigenvalue weighted by atomic mass is 19.4. The molecule has 1 atom stereocenters. The molecule has 0 radical (unpaired) electrons. The molecular weight excluding hydrogens is 369 g/mol. The number of nitrogens with zero attached hydrogens (tertiary/aromatic N) is 2. The lowest BCUT2D eigenvalue weighted by Crippen LogP contribution is -2.47. The monoisotopic (exact) mass is 392 g/mol. The van der Waals surface area contributed by atoms with Gasteiger partial charge in [0, 0.05) is 31.6 Å². The number of rotatable bonds is 3. The minimum Gasteiger partial charge on any atom is -0.475 e. The number of hydrogen-bond donors (Lipinski definition) is 2. The average Bonchev–Trinajstić information content (AvgIpc) is 3.25. The molecular formula is C17H23F3N2O5. The van der Waals surface area contributed by atoms with Gasteiger partial charge in [-0.05, 0) is 37.9 Å². The van der Waals surface area contributed by atoms with E-state index in [1.165, 1.54) is 6.42 Å². The summed E-state index contributed by atoms with van der Waals surface area (Å²) in [5.41, 5.74) is 0.218. The number of carbonyl (C=O) groups is 2. The number of aliphatic hydroxyl groups is 1. The van der Waals surface area contributed by atoms with E-state index in [-0.39, 0.29) is 17.9 Å². The number of amides is 1. The Bertz CT molecular complexity index is 635. The number of β-amino-alcohol motifs (C(OH)–C–C–N with tert-alkyl or cyclic N) is 1. The number of aliphatic hydroxyl groups excluding tert-OH is 1. The van der Waals surface area contributed by atoms with E-state index >= 15 is 0 Å². The molecule has 3 rings (SSSR count). The fourth-order valence-corrected chi connectivity index (χ4v) is 3.63. The highest BCUT2D eigenvalue weighted by Gasteiger charge is 2.42. The SMILES string of the molecule is O=C(O)C(F)(F)F.O=C(c1ccco1)N1CCCC2(CCN(CCO)C2)C1. The van der Waals surface area contributed by atoms with E-state index in [0.717, 1.165) is 45.6 Å². The van der Waals surface area contributed by atoms with Crippen LogP contribution in [-0.4, -0.2) is 77.4 Å². The van der Waals surface area contributed by atoms with Crippen molar-refractivity contribution in [3.8, 4) is 0 Å². The molecule has 0 aliphatic carbocycles. The van der Waals surface area contributed by atoms with Crippen molar-refractivity contribution in [2.45, 2.75) is 25.4 Å². The molecule has 0 bridgehead atoms. The quantitative estimate of drug-likeness (QED) is 0.815. The van der Waals surface area contributed by atoms with Gasteiger partial charge in [0.1, 0.15) is 0 Å². The van der Waals surface area contributed by atoms with Crippen LogP contribution in [-0.2, 0) is 4.79 Å². The Morgan fingerprint density at radius 1 is 1.22 bits per heavy atom. The van der Waals surface area contributed by atoms with Gasteiger partial charge in [0.15, 0.2) is 5.76 Å². The van der Waals surface area contributed by atoms with Crippen molar-refractivity contribution in [2.75, 3.05) is 39.3 Å². The number of alkyl halides is 3. The molecule has 2 N–H and O–H groups in total. The number of aliphatic carboxylic acids is 1. The van der Waals surface area contributed by atoms with Gasteiger partial charge in [0.25, 0.3) is 5.91 Å². The third kappa shape index (κ3) is 5.70. The van der Waals surface area contributed by atoms with E-state index in [4.69, 9.17) is 19.4 Å². The van der Waals surface area contributed by atoms with Crippen molar-refractivity contribution in [2.24, 2.45) is 5.41 Å². The lowest BCUT2D eigenvalue weighted by Gasteiger charge is -2.40. The van der Waals surface area contributed by atoms with E-state index in [1.54, 1.807) is 18.4 Å². The molecule has 152 valence electrons. The van der Waals surface area contributed by atoms with Gasteiger partial charge in [-0.3, -0.25) is 4.79 Å². The number of halogens is 3. The molecule has 10 heteroatoms. The predicted octanol–water partition coefficient (Wildman–Crippen LogP) is 1.83. The molecule has 27 heavy (non-hydrogen) atoms. The first-order valence-corrected chi connectivity index (χ1v) is 8.63. The van der Waals surface area contributed by atoms with Crippen LogP contribution < -0.4 is 0 Å². The number of furan rings is 1. The minimum atomic E-state index is -5.08. The standard InChI is InChI=1S/C15H22N2O3.C2HF3O2/c18-9-8-16-7-5-15(11-16)4-2-6-17(12-15)14(19)13-3-1-10-20-13;3-2(4,5)1(6)7/h1,3,10,18H,2,4-9,11-12H2;(H,6,7). The predicted molar refractivity (Wildman–Crippen MR) is 88.1 cm³/mol. The Labute approximate surface area is 154 Å². The van der Waals surface area contributed by atoms with Gasteiger partial charge in [-0.2, -0.15) is 13.2 Å². The molecule has 1 unspecified atom stereocenters. The number of carboxylic acid groups (broad SMARTS) is 1. The van der Waals surface area contributed by atoms with Gasteiger partial charge >= 0.3 is 12.1 Å². The summed E-state index contributed by atoms with van der Waals surface area (Å²) >= 11 is 0. The maximum atomic E-state index is 12.4. The van der Waals surface area contributed by atoms with Crippen LogP contribution in [0.5, 0.6) is 0 Å². The molecule has 2 aliphatic rings. The summed E-state index contributed by atoms with van der Waals surface area (Å²) in [6.07, 6.45) is -0.184. The molecule has 1 spiro atoms. The topological polar surface area (TPSA) is 94.2 Å². The van der Waals surface area contributed by atoms with Crippen molar-refractivity contribution in [3.63, 3.8) is 0 Å². The van der Waals surface area contributed by atoms with Gasteiger partial charge in [-0.1, -0.05) is 0 Å². The second kappa shape index (κ2) is 8.75. The molecule has 0 saturated carbocycles. The largest absolute Gasteiger partial charge is 0.490 e. The van der Waals surface area contributed by atoms with Crippen LogP contribution in [0.4, 0.5) is 13.2 Å². The van der Waals surface area contributed by atoms with Crippen LogP contribution in [0.2, 0.25) is 0 Å². The third-order valence-corrected chi connectivity index (χ3v) is 4.86. The second-order valence-corrected chi connectivity index (χ2v) is 6.86. The fourth-order valence-electron chi connectivity index (χ4n) is 3.63. The minimum absolute atomic E-state index is 0.00897. The van der Waals surface area contributed by atoms with Crippen molar-refractivity contribution < 1.29 is 37.4 Å². The molecule has 1 aromatic rings. The van der Waals surface area contributed by atoms with E-state index in [0.29, 0.717) is 5.76 Å². The van der Waals surface area contributed by atoms with Crippen molar-refractivity contribution in [1.82, 2.24) is 9.80 Å². The Kier molecular flexibility index (Phi) is 6.88. The first kappa shape index (κ1) is 21.2. The lowest BCUT2D eigenvalue weighted by atomic mass is 9.79. The number of hydrogen-bond acceptors (Lipinski definition) is 5. The van der Waals surface area contributed by atoms with Gasteiger partial charge in [0.05, 0.1) is 12.9 Å². The van der Waals surface area contributed by atoms with Crippen LogP contribution in [0, 0.1) is 5.41 Å². The van der Waals surface area contributed by atoms with Gasteiger partial charge in [-0.15, -0.1) is 0 Å². The first-order valence-electron chi connectivity index (χ1n) is 8.63. The Balaban J connectivity index is 0.000000321. The van der Waals surface area contributed by atoms with E-state index < -0.39 is 12.1 Å². The van der Waals surface area contributed by atoms with Crippen molar-refractivity contribution in [1.29, 1.82) is 0 Å². The Morgan fingerprint density at radius 2 is 1.93 bits per heavy atom. The van der Waals surface area contributed by atoms with Crippen LogP contribution in [0.1, 0.15) is 29.8 Å². The second-order valence-electron chi connectivity index (χ2n) is 6.86. The normalized spacial score (nSPS) is 23.2. The van der Waals surface area contributed by atoms with E-state index in [1.807, 2.05) is 4.90 Å². The van der Waals surface area contributed by atoms with Gasteiger partial charge in [0.2, 0.25) is 0 Å². The zero-order valence-corrected chi connectivity index (χ0v) is 14.7. The molecule has 1 aromatic heterocycles. The Morgan fingerprint density at radius 3 is 2.48 bits per heavy atom. The molecule has 2 aliphatic heterocycles. The number of carbonyl (C=O) groups excluding carboxylic acids is 1. The smallest absolute Gasteiger partial charge is 0.475 e. The maximum absolute atomic E-state index is 12.4. The lowest BCUT2D eigenvalue weighted by molar-refractivity contribution is -0.192. The highest BCUT2D eigenvalue weighted by molar-refractivity contribution is 5.91. The summed E-state index contributed by atoms with van der Waals surface area (Å²) < 4.78 is 37.0. The van der Waals surface area contributed by atoms with Crippen LogP contribution in [0.3, 0.4) is 0 Å². The first-order chi connectivity index (χ1) is 12.7. The molecule has 3 heterocycles.